The van der Waals surface area contributed by atoms with Crippen LogP contribution in [0.3, 0.4) is 0 Å². The fourth-order valence-corrected chi connectivity index (χ4v) is 2.79. The lowest BCUT2D eigenvalue weighted by Crippen LogP contribution is -2.33. The highest BCUT2D eigenvalue weighted by atomic mass is 35.5. The lowest BCUT2D eigenvalue weighted by Gasteiger charge is -2.31. The molecular weight excluding hydrogens is 227 g/mol. The standard InChI is InChI=1S/C13H14ClFO/c1-9-8-10(15)5-6-11(9)13(14)7-3-2-4-12(13)16/h5-6,8H,2-4,7H2,1H3. The van der Waals surface area contributed by atoms with Gasteiger partial charge in [0.15, 0.2) is 5.78 Å². The van der Waals surface area contributed by atoms with Gasteiger partial charge in [-0.15, -0.1) is 11.6 Å². The summed E-state index contributed by atoms with van der Waals surface area (Å²) in [5, 5.41) is 0. The Labute approximate surface area is 99.6 Å². The van der Waals surface area contributed by atoms with E-state index in [1.54, 1.807) is 13.0 Å². The number of ketones is 1. The van der Waals surface area contributed by atoms with E-state index in [-0.39, 0.29) is 11.6 Å². The largest absolute Gasteiger partial charge is 0.297 e. The molecule has 16 heavy (non-hydrogen) atoms. The number of alkyl halides is 1. The van der Waals surface area contributed by atoms with Crippen LogP contribution in [0.15, 0.2) is 18.2 Å². The third-order valence-corrected chi connectivity index (χ3v) is 3.84. The summed E-state index contributed by atoms with van der Waals surface area (Å²) in [6, 6.07) is 4.44. The molecule has 2 rings (SSSR count). The van der Waals surface area contributed by atoms with Crippen LogP contribution in [0.25, 0.3) is 0 Å². The van der Waals surface area contributed by atoms with Crippen molar-refractivity contribution in [3.05, 3.63) is 35.1 Å². The van der Waals surface area contributed by atoms with E-state index in [0.717, 1.165) is 24.0 Å². The molecule has 0 heterocycles. The van der Waals surface area contributed by atoms with Crippen molar-refractivity contribution in [1.29, 1.82) is 0 Å². The fraction of sp³-hybridized carbons (Fsp3) is 0.462. The normalized spacial score (nSPS) is 25.8. The lowest BCUT2D eigenvalue weighted by atomic mass is 9.80. The molecule has 0 aromatic heterocycles. The van der Waals surface area contributed by atoms with Crippen LogP contribution in [0, 0.1) is 12.7 Å². The van der Waals surface area contributed by atoms with E-state index in [0.29, 0.717) is 12.8 Å². The number of benzene rings is 1. The Hall–Kier alpha value is -0.890. The first-order valence-corrected chi connectivity index (χ1v) is 5.91. The number of rotatable bonds is 1. The number of carbonyl (C=O) groups excluding carboxylic acids is 1. The Morgan fingerprint density at radius 2 is 2.12 bits per heavy atom. The molecule has 0 N–H and O–H groups in total. The van der Waals surface area contributed by atoms with Crippen LogP contribution in [0.4, 0.5) is 4.39 Å². The highest BCUT2D eigenvalue weighted by molar-refractivity contribution is 6.35. The van der Waals surface area contributed by atoms with Crippen molar-refractivity contribution < 1.29 is 9.18 Å². The first kappa shape index (κ1) is 11.6. The molecule has 1 nitrogen and oxygen atoms in total. The zero-order valence-corrected chi connectivity index (χ0v) is 9.98. The Kier molecular flexibility index (Phi) is 3.02. The second-order valence-corrected chi connectivity index (χ2v) is 5.04. The van der Waals surface area contributed by atoms with Crippen molar-refractivity contribution in [3.63, 3.8) is 0 Å². The third-order valence-electron chi connectivity index (χ3n) is 3.23. The van der Waals surface area contributed by atoms with E-state index in [2.05, 4.69) is 0 Å². The fourth-order valence-electron chi connectivity index (χ4n) is 2.35. The lowest BCUT2D eigenvalue weighted by molar-refractivity contribution is -0.123. The summed E-state index contributed by atoms with van der Waals surface area (Å²) in [6.45, 7) is 1.80. The number of carbonyl (C=O) groups is 1. The molecule has 1 aliphatic carbocycles. The van der Waals surface area contributed by atoms with Crippen molar-refractivity contribution in [3.8, 4) is 0 Å². The molecule has 1 saturated carbocycles. The zero-order valence-electron chi connectivity index (χ0n) is 9.22. The molecule has 1 aromatic carbocycles. The van der Waals surface area contributed by atoms with E-state index < -0.39 is 4.87 Å². The van der Waals surface area contributed by atoms with Crippen molar-refractivity contribution in [2.45, 2.75) is 37.5 Å². The van der Waals surface area contributed by atoms with Gasteiger partial charge in [0.1, 0.15) is 10.7 Å². The maximum atomic E-state index is 13.0. The summed E-state index contributed by atoms with van der Waals surface area (Å²) in [4.78, 5) is 11.0. The van der Waals surface area contributed by atoms with Gasteiger partial charge in [-0.05, 0) is 43.0 Å². The molecule has 3 heteroatoms. The number of hydrogen-bond donors (Lipinski definition) is 0. The summed E-state index contributed by atoms with van der Waals surface area (Å²) in [5.74, 6) is -0.222. The molecule has 1 unspecified atom stereocenters. The summed E-state index contributed by atoms with van der Waals surface area (Å²) >= 11 is 6.44. The molecule has 1 aromatic rings. The first-order valence-electron chi connectivity index (χ1n) is 5.53. The van der Waals surface area contributed by atoms with Gasteiger partial charge in [0.05, 0.1) is 0 Å². The van der Waals surface area contributed by atoms with E-state index in [1.807, 2.05) is 0 Å². The van der Waals surface area contributed by atoms with E-state index in [9.17, 15) is 9.18 Å². The molecular formula is C13H14ClFO. The van der Waals surface area contributed by atoms with Crippen LogP contribution in [0.2, 0.25) is 0 Å². The summed E-state index contributed by atoms with van der Waals surface area (Å²) in [7, 11) is 0. The summed E-state index contributed by atoms with van der Waals surface area (Å²) in [5.41, 5.74) is 1.52. The van der Waals surface area contributed by atoms with Crippen LogP contribution in [0.1, 0.15) is 36.8 Å². The molecule has 1 aliphatic rings. The van der Waals surface area contributed by atoms with Crippen molar-refractivity contribution >= 4 is 17.4 Å². The zero-order chi connectivity index (χ0) is 11.8. The third kappa shape index (κ3) is 1.86. The number of halogens is 2. The molecule has 1 fully saturated rings. The van der Waals surface area contributed by atoms with E-state index >= 15 is 0 Å². The Bertz CT molecular complexity index is 430. The van der Waals surface area contributed by atoms with Crippen molar-refractivity contribution in [1.82, 2.24) is 0 Å². The highest BCUT2D eigenvalue weighted by Crippen LogP contribution is 2.41. The Morgan fingerprint density at radius 3 is 2.75 bits per heavy atom. The van der Waals surface area contributed by atoms with Crippen LogP contribution in [0.5, 0.6) is 0 Å². The molecule has 0 aliphatic heterocycles. The van der Waals surface area contributed by atoms with Gasteiger partial charge in [-0.25, -0.2) is 4.39 Å². The summed E-state index contributed by atoms with van der Waals surface area (Å²) in [6.07, 6.45) is 3.04. The van der Waals surface area contributed by atoms with Crippen molar-refractivity contribution in [2.24, 2.45) is 0 Å². The minimum atomic E-state index is -0.921. The van der Waals surface area contributed by atoms with Crippen LogP contribution in [-0.2, 0) is 9.67 Å². The SMILES string of the molecule is Cc1cc(F)ccc1C1(Cl)CCCCC1=O. The van der Waals surface area contributed by atoms with Crippen LogP contribution in [-0.4, -0.2) is 5.78 Å². The molecule has 0 spiro atoms. The second-order valence-electron chi connectivity index (χ2n) is 4.39. The van der Waals surface area contributed by atoms with Gasteiger partial charge >= 0.3 is 0 Å². The second kappa shape index (κ2) is 4.17. The van der Waals surface area contributed by atoms with Gasteiger partial charge in [-0.1, -0.05) is 12.5 Å². The number of hydrogen-bond acceptors (Lipinski definition) is 1. The maximum absolute atomic E-state index is 13.0. The average Bonchev–Trinajstić information content (AvgIpc) is 2.22. The van der Waals surface area contributed by atoms with E-state index in [1.165, 1.54) is 12.1 Å². The average molecular weight is 241 g/mol. The molecule has 0 bridgehead atoms. The van der Waals surface area contributed by atoms with Gasteiger partial charge in [-0.3, -0.25) is 4.79 Å². The predicted octanol–water partition coefficient (Wildman–Crippen LogP) is 3.71. The van der Waals surface area contributed by atoms with Gasteiger partial charge < -0.3 is 0 Å². The van der Waals surface area contributed by atoms with Gasteiger partial charge in [0.25, 0.3) is 0 Å². The molecule has 1 atom stereocenters. The number of Topliss-reactive ketones (excluding diaryl/α,β-unsaturated/α-hetero) is 1. The minimum Gasteiger partial charge on any atom is -0.297 e. The Morgan fingerprint density at radius 1 is 1.38 bits per heavy atom. The van der Waals surface area contributed by atoms with Gasteiger partial charge in [0, 0.05) is 6.42 Å². The minimum absolute atomic E-state index is 0.0649. The smallest absolute Gasteiger partial charge is 0.158 e. The van der Waals surface area contributed by atoms with Crippen LogP contribution >= 0.6 is 11.6 Å². The topological polar surface area (TPSA) is 17.1 Å². The predicted molar refractivity (Wildman–Crippen MR) is 62.1 cm³/mol. The summed E-state index contributed by atoms with van der Waals surface area (Å²) < 4.78 is 13.0. The highest BCUT2D eigenvalue weighted by Gasteiger charge is 2.40. The molecule has 0 saturated heterocycles. The van der Waals surface area contributed by atoms with E-state index in [4.69, 9.17) is 11.6 Å². The molecule has 0 amide bonds. The number of aryl methyl sites for hydroxylation is 1. The molecule has 86 valence electrons. The monoisotopic (exact) mass is 240 g/mol. The quantitative estimate of drug-likeness (QED) is 0.684. The van der Waals surface area contributed by atoms with Gasteiger partial charge in [-0.2, -0.15) is 0 Å². The maximum Gasteiger partial charge on any atom is 0.158 e. The van der Waals surface area contributed by atoms with Crippen LogP contribution < -0.4 is 0 Å². The first-order chi connectivity index (χ1) is 7.54. The van der Waals surface area contributed by atoms with Gasteiger partial charge in [0.2, 0.25) is 0 Å². The molecule has 0 radical (unpaired) electrons. The van der Waals surface area contributed by atoms with Crippen molar-refractivity contribution in [2.75, 3.05) is 0 Å². The Balaban J connectivity index is 2.45.